The molecule has 0 unspecified atom stereocenters. The van der Waals surface area contributed by atoms with Gasteiger partial charge in [0.1, 0.15) is 11.7 Å². The van der Waals surface area contributed by atoms with Crippen LogP contribution in [0.3, 0.4) is 0 Å². The fourth-order valence-corrected chi connectivity index (χ4v) is 4.44. The molecule has 12 nitrogen and oxygen atoms in total. The zero-order valence-corrected chi connectivity index (χ0v) is 24.0. The highest BCUT2D eigenvalue weighted by atomic mass is 16.5. The molecule has 1 aromatic heterocycles. The van der Waals surface area contributed by atoms with Crippen LogP contribution in [0.25, 0.3) is 22.2 Å². The fraction of sp³-hybridized carbons (Fsp3) is 0.290. The van der Waals surface area contributed by atoms with Crippen LogP contribution < -0.4 is 26.4 Å². The quantitative estimate of drug-likeness (QED) is 0.128. The Kier molecular flexibility index (Phi) is 10.4. The summed E-state index contributed by atoms with van der Waals surface area (Å²) >= 11 is 0. The van der Waals surface area contributed by atoms with Gasteiger partial charge in [0.05, 0.1) is 18.7 Å². The minimum absolute atomic E-state index is 0.225. The predicted octanol–water partition coefficient (Wildman–Crippen LogP) is 2.29. The van der Waals surface area contributed by atoms with Crippen molar-refractivity contribution in [3.63, 3.8) is 0 Å². The van der Waals surface area contributed by atoms with Crippen LogP contribution in [-0.2, 0) is 20.8 Å². The highest BCUT2D eigenvalue weighted by Crippen LogP contribution is 2.26. The van der Waals surface area contributed by atoms with Gasteiger partial charge in [-0.05, 0) is 47.7 Å². The Morgan fingerprint density at radius 3 is 2.33 bits per heavy atom. The molecule has 0 aliphatic heterocycles. The zero-order valence-electron chi connectivity index (χ0n) is 24.0. The molecule has 4 rings (SSSR count). The molecule has 0 aliphatic carbocycles. The van der Waals surface area contributed by atoms with Gasteiger partial charge in [0, 0.05) is 26.1 Å². The number of nitrogens with zero attached hydrogens (tertiary/aromatic N) is 2. The molecule has 0 spiro atoms. The lowest BCUT2D eigenvalue weighted by Gasteiger charge is -2.16. The topological polar surface area (TPSA) is 179 Å². The largest absolute Gasteiger partial charge is 0.493 e. The second kappa shape index (κ2) is 14.6. The molecule has 43 heavy (non-hydrogen) atoms. The van der Waals surface area contributed by atoms with Gasteiger partial charge in [0.2, 0.25) is 29.4 Å². The predicted molar refractivity (Wildman–Crippen MR) is 159 cm³/mol. The van der Waals surface area contributed by atoms with Gasteiger partial charge in [0.15, 0.2) is 0 Å². The van der Waals surface area contributed by atoms with Crippen molar-refractivity contribution in [1.82, 2.24) is 26.1 Å². The standard InChI is InChI=1S/C31H34N6O6/c1-19-36-28(37-43-19)21-11-9-20(10-12-21)15-25(29(39)33-2)31(41)34-13-5-6-14-42-26-17-23-8-4-3-7-22(23)16-24(26)30(40)35-18-27(32)38/h3-4,7-12,16-17,25H,5-6,13-15,18H2,1-2H3,(H2,32,38)(H,33,39)(H,34,41)(H,35,40)/t25-/m0/s1. The molecule has 0 saturated carbocycles. The molecule has 4 aromatic rings. The molecule has 224 valence electrons. The number of hydrogen-bond acceptors (Lipinski definition) is 8. The highest BCUT2D eigenvalue weighted by molar-refractivity contribution is 6.03. The molecular formula is C31H34N6O6. The van der Waals surface area contributed by atoms with Crippen molar-refractivity contribution in [2.24, 2.45) is 11.7 Å². The van der Waals surface area contributed by atoms with Crippen molar-refractivity contribution >= 4 is 34.4 Å². The number of primary amides is 1. The second-order valence-electron chi connectivity index (χ2n) is 9.90. The molecule has 0 fully saturated rings. The highest BCUT2D eigenvalue weighted by Gasteiger charge is 2.26. The number of carbonyl (C=O) groups excluding carboxylic acids is 4. The van der Waals surface area contributed by atoms with Crippen molar-refractivity contribution in [2.75, 3.05) is 26.7 Å². The summed E-state index contributed by atoms with van der Waals surface area (Å²) in [5.41, 5.74) is 7.03. The number of ether oxygens (including phenoxy) is 1. The fourth-order valence-electron chi connectivity index (χ4n) is 4.44. The number of hydrogen-bond donors (Lipinski definition) is 4. The van der Waals surface area contributed by atoms with Crippen LogP contribution in [0, 0.1) is 12.8 Å². The summed E-state index contributed by atoms with van der Waals surface area (Å²) in [7, 11) is 1.50. The molecule has 3 aromatic carbocycles. The van der Waals surface area contributed by atoms with Crippen molar-refractivity contribution in [1.29, 1.82) is 0 Å². The van der Waals surface area contributed by atoms with Gasteiger partial charge in [-0.15, -0.1) is 0 Å². The maximum Gasteiger partial charge on any atom is 0.255 e. The number of aromatic nitrogens is 2. The van der Waals surface area contributed by atoms with Gasteiger partial charge in [-0.25, -0.2) is 0 Å². The summed E-state index contributed by atoms with van der Waals surface area (Å²) < 4.78 is 11.0. The molecule has 0 saturated heterocycles. The Morgan fingerprint density at radius 2 is 1.67 bits per heavy atom. The number of nitrogens with two attached hydrogens (primary N) is 1. The van der Waals surface area contributed by atoms with Crippen LogP contribution in [0.5, 0.6) is 5.75 Å². The number of unbranched alkanes of at least 4 members (excludes halogenated alkanes) is 1. The normalized spacial score (nSPS) is 11.5. The lowest BCUT2D eigenvalue weighted by molar-refractivity contribution is -0.135. The maximum atomic E-state index is 12.9. The SMILES string of the molecule is CNC(=O)[C@H](Cc1ccc(-c2noc(C)n2)cc1)C(=O)NCCCCOc1cc2ccccc2cc1C(=O)NCC(N)=O. The molecule has 0 aliphatic rings. The molecule has 1 heterocycles. The van der Waals surface area contributed by atoms with E-state index in [0.717, 1.165) is 21.9 Å². The van der Waals surface area contributed by atoms with E-state index in [2.05, 4.69) is 26.1 Å². The van der Waals surface area contributed by atoms with E-state index in [9.17, 15) is 19.2 Å². The van der Waals surface area contributed by atoms with E-state index in [1.54, 1.807) is 19.1 Å². The number of benzene rings is 3. The lowest BCUT2D eigenvalue weighted by Crippen LogP contribution is -2.41. The lowest BCUT2D eigenvalue weighted by atomic mass is 9.96. The molecule has 12 heteroatoms. The van der Waals surface area contributed by atoms with Crippen LogP contribution in [0.4, 0.5) is 0 Å². The molecule has 0 radical (unpaired) electrons. The second-order valence-corrected chi connectivity index (χ2v) is 9.90. The van der Waals surface area contributed by atoms with Crippen molar-refractivity contribution < 1.29 is 28.4 Å². The average molecular weight is 587 g/mol. The van der Waals surface area contributed by atoms with Gasteiger partial charge >= 0.3 is 0 Å². The Morgan fingerprint density at radius 1 is 0.953 bits per heavy atom. The van der Waals surface area contributed by atoms with Crippen LogP contribution in [0.1, 0.15) is 34.7 Å². The van der Waals surface area contributed by atoms with Crippen LogP contribution in [0.15, 0.2) is 65.2 Å². The number of carbonyl (C=O) groups is 4. The first kappa shape index (κ1) is 30.7. The molecular weight excluding hydrogens is 552 g/mol. The van der Waals surface area contributed by atoms with Gasteiger partial charge in [-0.3, -0.25) is 19.2 Å². The Balaban J connectivity index is 1.29. The number of amides is 4. The summed E-state index contributed by atoms with van der Waals surface area (Å²) in [6, 6.07) is 18.3. The van der Waals surface area contributed by atoms with E-state index >= 15 is 0 Å². The summed E-state index contributed by atoms with van der Waals surface area (Å²) in [5.74, 6) is -1.46. The monoisotopic (exact) mass is 586 g/mol. The third kappa shape index (κ3) is 8.38. The smallest absolute Gasteiger partial charge is 0.255 e. The zero-order chi connectivity index (χ0) is 30.8. The summed E-state index contributed by atoms with van der Waals surface area (Å²) in [6.07, 6.45) is 1.39. The maximum absolute atomic E-state index is 12.9. The van der Waals surface area contributed by atoms with E-state index in [4.69, 9.17) is 15.0 Å². The van der Waals surface area contributed by atoms with Crippen molar-refractivity contribution in [2.45, 2.75) is 26.2 Å². The number of nitrogens with one attached hydrogen (secondary N) is 3. The van der Waals surface area contributed by atoms with E-state index < -0.39 is 17.7 Å². The van der Waals surface area contributed by atoms with E-state index in [1.165, 1.54) is 7.05 Å². The summed E-state index contributed by atoms with van der Waals surface area (Å²) in [5, 5.41) is 13.6. The number of aryl methyl sites for hydroxylation is 1. The Bertz CT molecular complexity index is 1600. The van der Waals surface area contributed by atoms with E-state index in [1.807, 2.05) is 48.5 Å². The van der Waals surface area contributed by atoms with Gasteiger partial charge < -0.3 is 30.9 Å². The average Bonchev–Trinajstić information content (AvgIpc) is 3.45. The van der Waals surface area contributed by atoms with E-state index in [-0.39, 0.29) is 31.4 Å². The first-order valence-electron chi connectivity index (χ1n) is 13.9. The number of fused-ring (bicyclic) bond motifs is 1. The van der Waals surface area contributed by atoms with E-state index in [0.29, 0.717) is 42.4 Å². The minimum atomic E-state index is -0.904. The molecule has 5 N–H and O–H groups in total. The first-order chi connectivity index (χ1) is 20.7. The van der Waals surface area contributed by atoms with Gasteiger partial charge in [-0.2, -0.15) is 4.98 Å². The van der Waals surface area contributed by atoms with Crippen LogP contribution in [0.2, 0.25) is 0 Å². The van der Waals surface area contributed by atoms with Crippen LogP contribution >= 0.6 is 0 Å². The third-order valence-corrected chi connectivity index (χ3v) is 6.70. The minimum Gasteiger partial charge on any atom is -0.493 e. The summed E-state index contributed by atoms with van der Waals surface area (Å²) in [4.78, 5) is 53.5. The van der Waals surface area contributed by atoms with Crippen LogP contribution in [-0.4, -0.2) is 60.5 Å². The van der Waals surface area contributed by atoms with Crippen molar-refractivity contribution in [3.8, 4) is 17.1 Å². The first-order valence-corrected chi connectivity index (χ1v) is 13.9. The summed E-state index contributed by atoms with van der Waals surface area (Å²) in [6.45, 7) is 2.06. The van der Waals surface area contributed by atoms with Gasteiger partial charge in [-0.1, -0.05) is 53.7 Å². The molecule has 4 amide bonds. The van der Waals surface area contributed by atoms with Gasteiger partial charge in [0.25, 0.3) is 5.91 Å². The van der Waals surface area contributed by atoms with Crippen molar-refractivity contribution in [3.05, 3.63) is 77.7 Å². The molecule has 0 bridgehead atoms. The Labute approximate surface area is 248 Å². The third-order valence-electron chi connectivity index (χ3n) is 6.70. The molecule has 1 atom stereocenters. The Hall–Kier alpha value is -5.26. The number of rotatable bonds is 14.